The fraction of sp³-hybridized carbons (Fsp3) is 0.833. The van der Waals surface area contributed by atoms with E-state index in [1.165, 1.54) is 148 Å². The number of esters is 3. The van der Waals surface area contributed by atoms with E-state index >= 15 is 0 Å². The second-order valence-corrected chi connectivity index (χ2v) is 17.4. The van der Waals surface area contributed by atoms with Crippen LogP contribution >= 0.6 is 0 Å². The maximum Gasteiger partial charge on any atom is 0.306 e. The van der Waals surface area contributed by atoms with Gasteiger partial charge >= 0.3 is 17.9 Å². The molecule has 0 amide bonds. The third-order valence-corrected chi connectivity index (χ3v) is 11.4. The molecule has 0 radical (unpaired) electrons. The van der Waals surface area contributed by atoms with Crippen molar-refractivity contribution < 1.29 is 28.6 Å². The van der Waals surface area contributed by atoms with Crippen LogP contribution in [0, 0.1) is 0 Å². The van der Waals surface area contributed by atoms with Crippen molar-refractivity contribution in [3.05, 3.63) is 36.5 Å². The van der Waals surface area contributed by atoms with E-state index in [1.54, 1.807) is 0 Å². The molecule has 0 aromatic carbocycles. The van der Waals surface area contributed by atoms with E-state index in [0.717, 1.165) is 83.5 Å². The number of rotatable bonds is 47. The van der Waals surface area contributed by atoms with E-state index in [9.17, 15) is 14.4 Å². The Morgan fingerprint density at radius 3 is 0.967 bits per heavy atom. The lowest BCUT2D eigenvalue weighted by molar-refractivity contribution is -0.167. The smallest absolute Gasteiger partial charge is 0.306 e. The van der Waals surface area contributed by atoms with Crippen LogP contribution < -0.4 is 0 Å². The minimum Gasteiger partial charge on any atom is -0.462 e. The molecule has 0 heterocycles. The number of unbranched alkanes of at least 4 members (excludes halogenated alkanes) is 30. The SMILES string of the molecule is CCCCC/C=C\C/C=C\CCCCCCCC(=O)O[C@@H](COC(=O)CCCCCCCCC/C=C\CCCCCCCC)COC(=O)CCCCCCCCCCCC. The van der Waals surface area contributed by atoms with Crippen LogP contribution in [-0.2, 0) is 28.6 Å². The highest BCUT2D eigenvalue weighted by Gasteiger charge is 2.19. The number of hydrogen-bond acceptors (Lipinski definition) is 6. The van der Waals surface area contributed by atoms with Gasteiger partial charge in [-0.05, 0) is 77.0 Å². The third-order valence-electron chi connectivity index (χ3n) is 11.4. The van der Waals surface area contributed by atoms with Gasteiger partial charge < -0.3 is 14.2 Å². The fourth-order valence-electron chi connectivity index (χ4n) is 7.41. The summed E-state index contributed by atoms with van der Waals surface area (Å²) in [5.41, 5.74) is 0. The highest BCUT2D eigenvalue weighted by Crippen LogP contribution is 2.15. The highest BCUT2D eigenvalue weighted by molar-refractivity contribution is 5.71. The molecule has 0 saturated heterocycles. The van der Waals surface area contributed by atoms with Crippen molar-refractivity contribution >= 4 is 17.9 Å². The van der Waals surface area contributed by atoms with E-state index in [-0.39, 0.29) is 31.1 Å². The van der Waals surface area contributed by atoms with Crippen LogP contribution in [0.3, 0.4) is 0 Å². The van der Waals surface area contributed by atoms with Gasteiger partial charge in [0.15, 0.2) is 6.10 Å². The maximum absolute atomic E-state index is 12.8. The summed E-state index contributed by atoms with van der Waals surface area (Å²) in [6, 6.07) is 0. The first-order valence-electron chi connectivity index (χ1n) is 26.0. The van der Waals surface area contributed by atoms with Crippen molar-refractivity contribution in [2.75, 3.05) is 13.2 Å². The van der Waals surface area contributed by atoms with Gasteiger partial charge in [0.1, 0.15) is 13.2 Å². The van der Waals surface area contributed by atoms with Crippen LogP contribution in [-0.4, -0.2) is 37.2 Å². The van der Waals surface area contributed by atoms with Gasteiger partial charge in [0.05, 0.1) is 0 Å². The zero-order valence-corrected chi connectivity index (χ0v) is 40.0. The third kappa shape index (κ3) is 46.7. The molecule has 0 N–H and O–H groups in total. The largest absolute Gasteiger partial charge is 0.462 e. The molecule has 0 rings (SSSR count). The lowest BCUT2D eigenvalue weighted by Crippen LogP contribution is -2.30. The minimum absolute atomic E-state index is 0.0767. The van der Waals surface area contributed by atoms with Crippen molar-refractivity contribution in [1.82, 2.24) is 0 Å². The molecule has 0 bridgehead atoms. The van der Waals surface area contributed by atoms with Crippen LogP contribution in [0.5, 0.6) is 0 Å². The fourth-order valence-corrected chi connectivity index (χ4v) is 7.41. The Bertz CT molecular complexity index is 1020. The number of ether oxygens (including phenoxy) is 3. The van der Waals surface area contributed by atoms with Crippen molar-refractivity contribution in [2.24, 2.45) is 0 Å². The maximum atomic E-state index is 12.8. The Balaban J connectivity index is 4.35. The Morgan fingerprint density at radius 2 is 0.600 bits per heavy atom. The predicted molar refractivity (Wildman–Crippen MR) is 256 cm³/mol. The van der Waals surface area contributed by atoms with Gasteiger partial charge in [0, 0.05) is 19.3 Å². The quantitative estimate of drug-likeness (QED) is 0.0263. The van der Waals surface area contributed by atoms with E-state index < -0.39 is 6.10 Å². The van der Waals surface area contributed by atoms with Gasteiger partial charge in [-0.3, -0.25) is 14.4 Å². The Hall–Kier alpha value is -2.37. The lowest BCUT2D eigenvalue weighted by atomic mass is 10.1. The van der Waals surface area contributed by atoms with Crippen molar-refractivity contribution in [3.63, 3.8) is 0 Å². The summed E-state index contributed by atoms with van der Waals surface area (Å²) in [4.78, 5) is 37.9. The molecule has 0 aromatic heterocycles. The van der Waals surface area contributed by atoms with Gasteiger partial charge in [0.25, 0.3) is 0 Å². The van der Waals surface area contributed by atoms with Crippen LogP contribution in [0.25, 0.3) is 0 Å². The van der Waals surface area contributed by atoms with E-state index in [1.807, 2.05) is 0 Å². The first-order valence-corrected chi connectivity index (χ1v) is 26.0. The molecule has 6 nitrogen and oxygen atoms in total. The Labute approximate surface area is 372 Å². The molecule has 0 aliphatic rings. The van der Waals surface area contributed by atoms with Gasteiger partial charge in [0.2, 0.25) is 0 Å². The molecule has 1 atom stereocenters. The summed E-state index contributed by atoms with van der Waals surface area (Å²) in [6.07, 6.45) is 57.0. The molecular weight excluding hydrogens is 745 g/mol. The van der Waals surface area contributed by atoms with Gasteiger partial charge in [-0.15, -0.1) is 0 Å². The highest BCUT2D eigenvalue weighted by atomic mass is 16.6. The average molecular weight is 843 g/mol. The molecule has 6 heteroatoms. The predicted octanol–water partition coefficient (Wildman–Crippen LogP) is 16.9. The number of carbonyl (C=O) groups excluding carboxylic acids is 3. The molecule has 350 valence electrons. The summed E-state index contributed by atoms with van der Waals surface area (Å²) in [5.74, 6) is -0.888. The van der Waals surface area contributed by atoms with E-state index in [2.05, 4.69) is 57.2 Å². The zero-order chi connectivity index (χ0) is 43.7. The first kappa shape index (κ1) is 57.6. The van der Waals surface area contributed by atoms with E-state index in [0.29, 0.717) is 19.3 Å². The van der Waals surface area contributed by atoms with Crippen molar-refractivity contribution in [3.8, 4) is 0 Å². The van der Waals surface area contributed by atoms with Gasteiger partial charge in [-0.1, -0.05) is 211 Å². The number of carbonyl (C=O) groups is 3. The monoisotopic (exact) mass is 843 g/mol. The molecule has 0 saturated carbocycles. The average Bonchev–Trinajstić information content (AvgIpc) is 3.24. The topological polar surface area (TPSA) is 78.9 Å². The van der Waals surface area contributed by atoms with Crippen LogP contribution in [0.4, 0.5) is 0 Å². The van der Waals surface area contributed by atoms with E-state index in [4.69, 9.17) is 14.2 Å². The number of hydrogen-bond donors (Lipinski definition) is 0. The molecule has 0 unspecified atom stereocenters. The van der Waals surface area contributed by atoms with Crippen LogP contribution in [0.15, 0.2) is 36.5 Å². The second-order valence-electron chi connectivity index (χ2n) is 17.4. The Kier molecular flexibility index (Phi) is 47.3. The van der Waals surface area contributed by atoms with Crippen LogP contribution in [0.2, 0.25) is 0 Å². The van der Waals surface area contributed by atoms with Crippen LogP contribution in [0.1, 0.15) is 271 Å². The molecule has 0 fully saturated rings. The summed E-state index contributed by atoms with van der Waals surface area (Å²) in [7, 11) is 0. The van der Waals surface area contributed by atoms with Crippen molar-refractivity contribution in [2.45, 2.75) is 277 Å². The van der Waals surface area contributed by atoms with Crippen molar-refractivity contribution in [1.29, 1.82) is 0 Å². The summed E-state index contributed by atoms with van der Waals surface area (Å²) in [6.45, 7) is 6.60. The molecule has 0 spiro atoms. The van der Waals surface area contributed by atoms with Gasteiger partial charge in [-0.2, -0.15) is 0 Å². The molecular formula is C54H98O6. The second kappa shape index (κ2) is 49.3. The standard InChI is InChI=1S/C54H98O6/c1-4-7-10-13-16-19-22-24-26-27-29-30-32-35-38-41-44-47-53(56)59-50-51(49-58-52(55)46-43-40-37-34-21-18-15-12-9-6-3)60-54(57)48-45-42-39-36-33-31-28-25-23-20-17-14-11-8-5-2/h17,20,24-26,28,51H,4-16,18-19,21-23,27,29-50H2,1-3H3/b20-17-,26-24-,28-25-/t51-/m1/s1. The minimum atomic E-state index is -0.776. The molecule has 0 aromatic rings. The van der Waals surface area contributed by atoms with Gasteiger partial charge in [-0.25, -0.2) is 0 Å². The summed E-state index contributed by atoms with van der Waals surface area (Å²) in [5, 5.41) is 0. The molecule has 60 heavy (non-hydrogen) atoms. The number of allylic oxidation sites excluding steroid dienone is 6. The molecule has 0 aliphatic heterocycles. The normalized spacial score (nSPS) is 12.2. The zero-order valence-electron chi connectivity index (χ0n) is 40.0. The lowest BCUT2D eigenvalue weighted by Gasteiger charge is -2.18. The Morgan fingerprint density at radius 1 is 0.333 bits per heavy atom. The summed E-state index contributed by atoms with van der Waals surface area (Å²) >= 11 is 0. The molecule has 0 aliphatic carbocycles. The first-order chi connectivity index (χ1) is 29.5. The summed E-state index contributed by atoms with van der Waals surface area (Å²) < 4.78 is 16.8.